The second-order valence-corrected chi connectivity index (χ2v) is 6.34. The highest BCUT2D eigenvalue weighted by Crippen LogP contribution is 2.19. The van der Waals surface area contributed by atoms with Crippen molar-refractivity contribution in [2.45, 2.75) is 20.3 Å². The van der Waals surface area contributed by atoms with E-state index in [1.54, 1.807) is 6.07 Å². The van der Waals surface area contributed by atoms with Crippen molar-refractivity contribution in [2.24, 2.45) is 5.41 Å². The SMILES string of the molecule is CC(C)(CCO)CNC(=O)C(=O)Nc1ccc2ccccc2c1. The van der Waals surface area contributed by atoms with Crippen LogP contribution in [0.2, 0.25) is 0 Å². The number of aliphatic hydroxyl groups is 1. The average molecular weight is 314 g/mol. The van der Waals surface area contributed by atoms with Crippen molar-refractivity contribution in [2.75, 3.05) is 18.5 Å². The molecule has 3 N–H and O–H groups in total. The van der Waals surface area contributed by atoms with Gasteiger partial charge in [0, 0.05) is 18.8 Å². The predicted octanol–water partition coefficient (Wildman–Crippen LogP) is 2.30. The topological polar surface area (TPSA) is 78.4 Å². The summed E-state index contributed by atoms with van der Waals surface area (Å²) < 4.78 is 0. The maximum absolute atomic E-state index is 12.0. The molecule has 0 saturated carbocycles. The number of anilines is 1. The zero-order chi connectivity index (χ0) is 16.9. The van der Waals surface area contributed by atoms with E-state index in [1.807, 2.05) is 50.2 Å². The number of fused-ring (bicyclic) bond motifs is 1. The van der Waals surface area contributed by atoms with Crippen molar-refractivity contribution < 1.29 is 14.7 Å². The number of rotatable bonds is 5. The fourth-order valence-electron chi connectivity index (χ4n) is 2.25. The molecule has 2 aromatic carbocycles. The Morgan fingerprint density at radius 3 is 2.43 bits per heavy atom. The van der Waals surface area contributed by atoms with Gasteiger partial charge in [-0.05, 0) is 34.7 Å². The fraction of sp³-hybridized carbons (Fsp3) is 0.333. The van der Waals surface area contributed by atoms with Crippen LogP contribution in [-0.2, 0) is 9.59 Å². The highest BCUT2D eigenvalue weighted by atomic mass is 16.3. The Morgan fingerprint density at radius 2 is 1.74 bits per heavy atom. The third-order valence-corrected chi connectivity index (χ3v) is 3.73. The quantitative estimate of drug-likeness (QED) is 0.741. The molecule has 2 amide bonds. The van der Waals surface area contributed by atoms with Gasteiger partial charge in [0.05, 0.1) is 0 Å². The number of amides is 2. The summed E-state index contributed by atoms with van der Waals surface area (Å²) in [5.74, 6) is -1.37. The van der Waals surface area contributed by atoms with Crippen LogP contribution in [0, 0.1) is 5.41 Å². The zero-order valence-electron chi connectivity index (χ0n) is 13.4. The van der Waals surface area contributed by atoms with Gasteiger partial charge in [-0.1, -0.05) is 44.2 Å². The first-order valence-corrected chi connectivity index (χ1v) is 7.60. The number of hydrogen-bond acceptors (Lipinski definition) is 3. The smallest absolute Gasteiger partial charge is 0.313 e. The molecule has 0 heterocycles. The Labute approximate surface area is 135 Å². The molecule has 0 aliphatic heterocycles. The molecule has 0 aliphatic rings. The van der Waals surface area contributed by atoms with E-state index in [1.165, 1.54) is 0 Å². The molecule has 0 saturated heterocycles. The van der Waals surface area contributed by atoms with Gasteiger partial charge in [0.25, 0.3) is 0 Å². The monoisotopic (exact) mass is 314 g/mol. The van der Waals surface area contributed by atoms with Crippen molar-refractivity contribution >= 4 is 28.3 Å². The third-order valence-electron chi connectivity index (χ3n) is 3.73. The Balaban J connectivity index is 1.96. The Bertz CT molecular complexity index is 710. The van der Waals surface area contributed by atoms with E-state index < -0.39 is 11.8 Å². The minimum Gasteiger partial charge on any atom is -0.396 e. The van der Waals surface area contributed by atoms with Crippen molar-refractivity contribution in [1.29, 1.82) is 0 Å². The maximum atomic E-state index is 12.0. The van der Waals surface area contributed by atoms with E-state index in [4.69, 9.17) is 5.11 Å². The van der Waals surface area contributed by atoms with Crippen LogP contribution < -0.4 is 10.6 Å². The Kier molecular flexibility index (Phi) is 5.34. The lowest BCUT2D eigenvalue weighted by atomic mass is 9.90. The normalized spacial score (nSPS) is 11.3. The predicted molar refractivity (Wildman–Crippen MR) is 91.1 cm³/mol. The van der Waals surface area contributed by atoms with Crippen LogP contribution >= 0.6 is 0 Å². The number of carbonyl (C=O) groups excluding carboxylic acids is 2. The van der Waals surface area contributed by atoms with Crippen LogP contribution in [0.1, 0.15) is 20.3 Å². The van der Waals surface area contributed by atoms with Crippen molar-refractivity contribution in [3.8, 4) is 0 Å². The van der Waals surface area contributed by atoms with Gasteiger partial charge in [-0.15, -0.1) is 0 Å². The van der Waals surface area contributed by atoms with Crippen LogP contribution in [-0.4, -0.2) is 30.1 Å². The van der Waals surface area contributed by atoms with E-state index in [2.05, 4.69) is 10.6 Å². The molecule has 0 fully saturated rings. The first kappa shape index (κ1) is 17.0. The summed E-state index contributed by atoms with van der Waals surface area (Å²) in [6, 6.07) is 13.3. The molecule has 0 aromatic heterocycles. The van der Waals surface area contributed by atoms with Gasteiger partial charge in [-0.3, -0.25) is 9.59 Å². The lowest BCUT2D eigenvalue weighted by Gasteiger charge is -2.23. The summed E-state index contributed by atoms with van der Waals surface area (Å²) in [6.45, 7) is 4.22. The van der Waals surface area contributed by atoms with Crippen LogP contribution in [0.5, 0.6) is 0 Å². The highest BCUT2D eigenvalue weighted by molar-refractivity contribution is 6.39. The lowest BCUT2D eigenvalue weighted by Crippen LogP contribution is -2.40. The molecule has 122 valence electrons. The average Bonchev–Trinajstić information content (AvgIpc) is 2.52. The Morgan fingerprint density at radius 1 is 1.04 bits per heavy atom. The summed E-state index contributed by atoms with van der Waals surface area (Å²) in [5, 5.41) is 16.2. The minimum atomic E-state index is -0.694. The first-order valence-electron chi connectivity index (χ1n) is 7.60. The molecule has 23 heavy (non-hydrogen) atoms. The van der Waals surface area contributed by atoms with Crippen molar-refractivity contribution in [3.05, 3.63) is 42.5 Å². The van der Waals surface area contributed by atoms with Crippen LogP contribution in [0.25, 0.3) is 10.8 Å². The van der Waals surface area contributed by atoms with Crippen LogP contribution in [0.3, 0.4) is 0 Å². The molecule has 5 nitrogen and oxygen atoms in total. The molecule has 0 atom stereocenters. The summed E-state index contributed by atoms with van der Waals surface area (Å²) in [4.78, 5) is 23.8. The summed E-state index contributed by atoms with van der Waals surface area (Å²) in [7, 11) is 0. The van der Waals surface area contributed by atoms with Crippen LogP contribution in [0.4, 0.5) is 5.69 Å². The van der Waals surface area contributed by atoms with E-state index in [-0.39, 0.29) is 12.0 Å². The number of nitrogens with one attached hydrogen (secondary N) is 2. The molecular weight excluding hydrogens is 292 g/mol. The second-order valence-electron chi connectivity index (χ2n) is 6.34. The van der Waals surface area contributed by atoms with Gasteiger partial charge in [0.1, 0.15) is 0 Å². The lowest BCUT2D eigenvalue weighted by molar-refractivity contribution is -0.136. The van der Waals surface area contributed by atoms with Crippen LogP contribution in [0.15, 0.2) is 42.5 Å². The van der Waals surface area contributed by atoms with E-state index >= 15 is 0 Å². The van der Waals surface area contributed by atoms with Gasteiger partial charge in [-0.25, -0.2) is 0 Å². The molecule has 2 aromatic rings. The Hall–Kier alpha value is -2.40. The molecule has 0 aliphatic carbocycles. The standard InChI is InChI=1S/C18H22N2O3/c1-18(2,9-10-21)12-19-16(22)17(23)20-15-8-7-13-5-3-4-6-14(13)11-15/h3-8,11,21H,9-10,12H2,1-2H3,(H,19,22)(H,20,23). The van der Waals surface area contributed by atoms with Crippen molar-refractivity contribution in [3.63, 3.8) is 0 Å². The molecule has 5 heteroatoms. The molecular formula is C18H22N2O3. The number of hydrogen-bond donors (Lipinski definition) is 3. The summed E-state index contributed by atoms with van der Waals surface area (Å²) >= 11 is 0. The molecule has 0 radical (unpaired) electrons. The van der Waals surface area contributed by atoms with Gasteiger partial charge in [0.2, 0.25) is 0 Å². The number of aliphatic hydroxyl groups excluding tert-OH is 1. The molecule has 0 unspecified atom stereocenters. The van der Waals surface area contributed by atoms with Gasteiger partial charge >= 0.3 is 11.8 Å². The largest absolute Gasteiger partial charge is 0.396 e. The summed E-state index contributed by atoms with van der Waals surface area (Å²) in [5.41, 5.74) is 0.326. The maximum Gasteiger partial charge on any atom is 0.313 e. The zero-order valence-corrected chi connectivity index (χ0v) is 13.4. The minimum absolute atomic E-state index is 0.0478. The first-order chi connectivity index (χ1) is 10.9. The van der Waals surface area contributed by atoms with E-state index in [0.717, 1.165) is 10.8 Å². The fourth-order valence-corrected chi connectivity index (χ4v) is 2.25. The third kappa shape index (κ3) is 4.79. The second kappa shape index (κ2) is 7.24. The van der Waals surface area contributed by atoms with Crippen molar-refractivity contribution in [1.82, 2.24) is 5.32 Å². The van der Waals surface area contributed by atoms with Gasteiger partial charge in [-0.2, -0.15) is 0 Å². The number of carbonyl (C=O) groups is 2. The molecule has 0 spiro atoms. The molecule has 0 bridgehead atoms. The number of benzene rings is 2. The molecule has 2 rings (SSSR count). The highest BCUT2D eigenvalue weighted by Gasteiger charge is 2.21. The van der Waals surface area contributed by atoms with E-state index in [9.17, 15) is 9.59 Å². The van der Waals surface area contributed by atoms with Gasteiger partial charge in [0.15, 0.2) is 0 Å². The summed E-state index contributed by atoms with van der Waals surface area (Å²) in [6.07, 6.45) is 0.555. The van der Waals surface area contributed by atoms with Gasteiger partial charge < -0.3 is 15.7 Å². The van der Waals surface area contributed by atoms with E-state index in [0.29, 0.717) is 18.7 Å².